The van der Waals surface area contributed by atoms with Crippen LogP contribution < -0.4 is 14.2 Å². The lowest BCUT2D eigenvalue weighted by molar-refractivity contribution is 0.0677. The minimum absolute atomic E-state index is 0.00851. The first-order valence-corrected chi connectivity index (χ1v) is 9.99. The zero-order valence-electron chi connectivity index (χ0n) is 17.4. The van der Waals surface area contributed by atoms with Gasteiger partial charge in [0, 0.05) is 12.1 Å². The van der Waals surface area contributed by atoms with Crippen molar-refractivity contribution in [1.29, 1.82) is 0 Å². The molecule has 0 saturated carbocycles. The van der Waals surface area contributed by atoms with Crippen molar-refractivity contribution < 1.29 is 19.0 Å². The Labute approximate surface area is 176 Å². The number of benzene rings is 3. The third kappa shape index (κ3) is 3.83. The van der Waals surface area contributed by atoms with Gasteiger partial charge >= 0.3 is 0 Å². The van der Waals surface area contributed by atoms with Gasteiger partial charge in [0.1, 0.15) is 11.5 Å². The molecule has 3 aromatic carbocycles. The van der Waals surface area contributed by atoms with E-state index in [-0.39, 0.29) is 11.9 Å². The van der Waals surface area contributed by atoms with Crippen molar-refractivity contribution in [1.82, 2.24) is 4.90 Å². The maximum atomic E-state index is 13.2. The summed E-state index contributed by atoms with van der Waals surface area (Å²) >= 11 is 0. The topological polar surface area (TPSA) is 48.0 Å². The number of ether oxygens (including phenoxy) is 3. The molecule has 0 bridgehead atoms. The Kier molecular flexibility index (Phi) is 5.61. The van der Waals surface area contributed by atoms with Gasteiger partial charge in [0.2, 0.25) is 0 Å². The predicted octanol–water partition coefficient (Wildman–Crippen LogP) is 5.26. The molecular formula is C25H25NO4. The average molecular weight is 403 g/mol. The molecular weight excluding hydrogens is 378 g/mol. The molecule has 0 aromatic heterocycles. The van der Waals surface area contributed by atoms with Crippen molar-refractivity contribution in [2.24, 2.45) is 0 Å². The van der Waals surface area contributed by atoms with E-state index < -0.39 is 0 Å². The second-order valence-corrected chi connectivity index (χ2v) is 7.27. The quantitative estimate of drug-likeness (QED) is 0.583. The highest BCUT2D eigenvalue weighted by Gasteiger charge is 2.29. The van der Waals surface area contributed by atoms with E-state index in [2.05, 4.69) is 6.92 Å². The molecule has 0 fully saturated rings. The minimum Gasteiger partial charge on any atom is -0.493 e. The van der Waals surface area contributed by atoms with Crippen LogP contribution in [0, 0.1) is 0 Å². The van der Waals surface area contributed by atoms with E-state index in [0.717, 1.165) is 23.5 Å². The van der Waals surface area contributed by atoms with E-state index in [4.69, 9.17) is 14.2 Å². The summed E-state index contributed by atoms with van der Waals surface area (Å²) in [6.45, 7) is 2.71. The van der Waals surface area contributed by atoms with Crippen LogP contribution in [0.25, 0.3) is 0 Å². The Morgan fingerprint density at radius 3 is 2.20 bits per heavy atom. The van der Waals surface area contributed by atoms with Crippen LogP contribution in [-0.2, 0) is 6.42 Å². The van der Waals surface area contributed by atoms with Crippen LogP contribution in [0.15, 0.2) is 66.7 Å². The van der Waals surface area contributed by atoms with Gasteiger partial charge in [-0.25, -0.2) is 0 Å². The summed E-state index contributed by atoms with van der Waals surface area (Å²) in [6.07, 6.45) is 0.779. The molecule has 0 N–H and O–H groups in total. The molecule has 0 aliphatic carbocycles. The molecule has 1 atom stereocenters. The van der Waals surface area contributed by atoms with E-state index in [1.165, 1.54) is 5.56 Å². The molecule has 3 aromatic rings. The Morgan fingerprint density at radius 2 is 1.53 bits per heavy atom. The molecule has 5 heteroatoms. The summed E-state index contributed by atoms with van der Waals surface area (Å²) < 4.78 is 16.7. The molecule has 1 heterocycles. The highest BCUT2D eigenvalue weighted by atomic mass is 16.5. The number of rotatable bonds is 5. The van der Waals surface area contributed by atoms with E-state index in [1.54, 1.807) is 14.2 Å². The van der Waals surface area contributed by atoms with Crippen LogP contribution in [0.4, 0.5) is 0 Å². The van der Waals surface area contributed by atoms with Gasteiger partial charge < -0.3 is 19.1 Å². The van der Waals surface area contributed by atoms with Crippen LogP contribution in [0.2, 0.25) is 0 Å². The van der Waals surface area contributed by atoms with Crippen molar-refractivity contribution in [3.63, 3.8) is 0 Å². The molecule has 4 rings (SSSR count). The van der Waals surface area contributed by atoms with Gasteiger partial charge in [0.15, 0.2) is 11.5 Å². The summed E-state index contributed by atoms with van der Waals surface area (Å²) in [5, 5.41) is 0. The lowest BCUT2D eigenvalue weighted by Gasteiger charge is -2.36. The van der Waals surface area contributed by atoms with Gasteiger partial charge in [-0.1, -0.05) is 18.2 Å². The number of carbonyl (C=O) groups is 1. The van der Waals surface area contributed by atoms with Gasteiger partial charge in [-0.2, -0.15) is 0 Å². The summed E-state index contributed by atoms with van der Waals surface area (Å²) in [5.41, 5.74) is 2.93. The number of hydrogen-bond donors (Lipinski definition) is 0. The normalized spacial score (nSPS) is 15.3. The number of methoxy groups -OCH3 is 2. The first kappa shape index (κ1) is 19.8. The second kappa shape index (κ2) is 8.49. The van der Waals surface area contributed by atoms with Crippen molar-refractivity contribution in [2.75, 3.05) is 20.8 Å². The molecule has 0 radical (unpaired) electrons. The van der Waals surface area contributed by atoms with Crippen molar-refractivity contribution in [2.45, 2.75) is 19.4 Å². The number of nitrogens with zero attached hydrogens (tertiary/aromatic N) is 1. The number of fused-ring (bicyclic) bond motifs is 1. The lowest BCUT2D eigenvalue weighted by atomic mass is 9.92. The molecule has 154 valence electrons. The Balaban J connectivity index is 1.52. The van der Waals surface area contributed by atoms with Gasteiger partial charge in [-0.3, -0.25) is 4.79 Å². The Hall–Kier alpha value is -3.47. The first-order valence-electron chi connectivity index (χ1n) is 9.99. The number of hydrogen-bond acceptors (Lipinski definition) is 4. The van der Waals surface area contributed by atoms with Crippen molar-refractivity contribution in [3.8, 4) is 23.0 Å². The molecule has 1 unspecified atom stereocenters. The standard InChI is InChI=1S/C25H25NO4/c1-17-22-16-24(29-3)23(28-2)15-19(22)13-14-26(17)25(27)18-9-11-21(12-10-18)30-20-7-5-4-6-8-20/h4-12,15-17H,13-14H2,1-3H3. The van der Waals surface area contributed by atoms with Gasteiger partial charge in [0.25, 0.3) is 5.91 Å². The second-order valence-electron chi connectivity index (χ2n) is 7.27. The highest BCUT2D eigenvalue weighted by Crippen LogP contribution is 2.38. The molecule has 5 nitrogen and oxygen atoms in total. The van der Waals surface area contributed by atoms with Crippen LogP contribution in [0.3, 0.4) is 0 Å². The van der Waals surface area contributed by atoms with Crippen molar-refractivity contribution in [3.05, 3.63) is 83.4 Å². The minimum atomic E-state index is -0.0544. The lowest BCUT2D eigenvalue weighted by Crippen LogP contribution is -2.38. The molecule has 1 aliphatic heterocycles. The summed E-state index contributed by atoms with van der Waals surface area (Å²) in [5.74, 6) is 2.88. The average Bonchev–Trinajstić information content (AvgIpc) is 2.79. The number of amides is 1. The SMILES string of the molecule is COc1cc2c(cc1OC)C(C)N(C(=O)c1ccc(Oc3ccccc3)cc1)CC2. The fraction of sp³-hybridized carbons (Fsp3) is 0.240. The van der Waals surface area contributed by atoms with Crippen LogP contribution in [-0.4, -0.2) is 31.6 Å². The first-order chi connectivity index (χ1) is 14.6. The van der Waals surface area contributed by atoms with E-state index in [9.17, 15) is 4.79 Å². The zero-order chi connectivity index (χ0) is 21.1. The van der Waals surface area contributed by atoms with E-state index >= 15 is 0 Å². The molecule has 30 heavy (non-hydrogen) atoms. The number of carbonyl (C=O) groups excluding carboxylic acids is 1. The summed E-state index contributed by atoms with van der Waals surface area (Å²) in [4.78, 5) is 15.1. The van der Waals surface area contributed by atoms with Crippen LogP contribution in [0.5, 0.6) is 23.0 Å². The van der Waals surface area contributed by atoms with E-state index in [0.29, 0.717) is 23.6 Å². The van der Waals surface area contributed by atoms with Gasteiger partial charge in [-0.15, -0.1) is 0 Å². The van der Waals surface area contributed by atoms with Gasteiger partial charge in [-0.05, 0) is 73.0 Å². The third-order valence-corrected chi connectivity index (χ3v) is 5.53. The monoisotopic (exact) mass is 403 g/mol. The summed E-state index contributed by atoms with van der Waals surface area (Å²) in [7, 11) is 3.26. The molecule has 1 aliphatic rings. The molecule has 0 saturated heterocycles. The highest BCUT2D eigenvalue weighted by molar-refractivity contribution is 5.94. The Morgan fingerprint density at radius 1 is 0.900 bits per heavy atom. The number of para-hydroxylation sites is 1. The fourth-order valence-corrected chi connectivity index (χ4v) is 3.88. The molecule has 0 spiro atoms. The summed E-state index contributed by atoms with van der Waals surface area (Å²) in [6, 6.07) is 20.8. The third-order valence-electron chi connectivity index (χ3n) is 5.53. The van der Waals surface area contributed by atoms with E-state index in [1.807, 2.05) is 71.6 Å². The largest absolute Gasteiger partial charge is 0.493 e. The van der Waals surface area contributed by atoms with Crippen molar-refractivity contribution >= 4 is 5.91 Å². The molecule has 1 amide bonds. The zero-order valence-corrected chi connectivity index (χ0v) is 17.4. The smallest absolute Gasteiger partial charge is 0.254 e. The fourth-order valence-electron chi connectivity index (χ4n) is 3.88. The Bertz CT molecular complexity index is 1030. The predicted molar refractivity (Wildman–Crippen MR) is 116 cm³/mol. The van der Waals surface area contributed by atoms with Crippen LogP contribution in [0.1, 0.15) is 34.5 Å². The maximum absolute atomic E-state index is 13.2. The maximum Gasteiger partial charge on any atom is 0.254 e. The van der Waals surface area contributed by atoms with Crippen LogP contribution >= 0.6 is 0 Å². The van der Waals surface area contributed by atoms with Gasteiger partial charge in [0.05, 0.1) is 20.3 Å².